The third-order valence-electron chi connectivity index (χ3n) is 4.17. The van der Waals surface area contributed by atoms with E-state index >= 15 is 0 Å². The summed E-state index contributed by atoms with van der Waals surface area (Å²) in [4.78, 5) is 0. The van der Waals surface area contributed by atoms with E-state index in [9.17, 15) is 0 Å². The summed E-state index contributed by atoms with van der Waals surface area (Å²) in [5.74, 6) is 0. The van der Waals surface area contributed by atoms with Gasteiger partial charge in [-0.15, -0.1) is 0 Å². The average molecular weight is 313 g/mol. The molecule has 0 bridgehead atoms. The van der Waals surface area contributed by atoms with Crippen molar-refractivity contribution in [1.82, 2.24) is 5.32 Å². The predicted octanol–water partition coefficient (Wildman–Crippen LogP) is 5.72. The van der Waals surface area contributed by atoms with E-state index in [4.69, 9.17) is 0 Å². The highest BCUT2D eigenvalue weighted by molar-refractivity contribution is 5.65. The van der Waals surface area contributed by atoms with Crippen LogP contribution >= 0.6 is 0 Å². The van der Waals surface area contributed by atoms with Crippen LogP contribution in [0.1, 0.15) is 24.1 Å². The maximum Gasteiger partial charge on any atom is 0.0294 e. The third kappa shape index (κ3) is 4.43. The molecule has 0 heterocycles. The van der Waals surface area contributed by atoms with E-state index in [1.807, 2.05) is 6.07 Å². The summed E-state index contributed by atoms with van der Waals surface area (Å²) in [6.07, 6.45) is 4.34. The Bertz CT molecular complexity index is 758. The Hall–Kier alpha value is -2.64. The molecule has 1 nitrogen and oxygen atoms in total. The molecule has 1 atom stereocenters. The van der Waals surface area contributed by atoms with E-state index in [0.29, 0.717) is 6.04 Å². The van der Waals surface area contributed by atoms with Crippen molar-refractivity contribution in [3.8, 4) is 11.1 Å². The van der Waals surface area contributed by atoms with E-state index in [-0.39, 0.29) is 0 Å². The molecule has 1 N–H and O–H groups in total. The fraction of sp³-hybridized carbons (Fsp3) is 0.130. The molecule has 1 unspecified atom stereocenters. The van der Waals surface area contributed by atoms with Gasteiger partial charge in [-0.1, -0.05) is 97.1 Å². The van der Waals surface area contributed by atoms with Crippen molar-refractivity contribution in [1.29, 1.82) is 0 Å². The van der Waals surface area contributed by atoms with Gasteiger partial charge in [0, 0.05) is 12.6 Å². The Kier molecular flexibility index (Phi) is 5.60. The monoisotopic (exact) mass is 313 g/mol. The van der Waals surface area contributed by atoms with Crippen LogP contribution in [0.5, 0.6) is 0 Å². The van der Waals surface area contributed by atoms with Gasteiger partial charge in [0.15, 0.2) is 0 Å². The molecule has 0 aliphatic heterocycles. The Morgan fingerprint density at radius 1 is 0.750 bits per heavy atom. The highest BCUT2D eigenvalue weighted by Crippen LogP contribution is 2.19. The molecular weight excluding hydrogens is 290 g/mol. The number of benzene rings is 3. The van der Waals surface area contributed by atoms with E-state index in [1.54, 1.807) is 0 Å². The molecule has 0 aromatic heterocycles. The molecule has 0 amide bonds. The molecule has 0 fully saturated rings. The van der Waals surface area contributed by atoms with Crippen molar-refractivity contribution in [2.45, 2.75) is 13.0 Å². The topological polar surface area (TPSA) is 12.0 Å². The van der Waals surface area contributed by atoms with E-state index in [0.717, 1.165) is 6.54 Å². The van der Waals surface area contributed by atoms with Gasteiger partial charge in [0.1, 0.15) is 0 Å². The highest BCUT2D eigenvalue weighted by atomic mass is 14.9. The molecule has 0 spiro atoms. The summed E-state index contributed by atoms with van der Waals surface area (Å²) in [5.41, 5.74) is 5.05. The Morgan fingerprint density at radius 2 is 1.33 bits per heavy atom. The standard InChI is InChI=1S/C23H23N/c1-19(21-10-4-2-5-11-21)24-18-8-9-20-14-16-23(17-15-20)22-12-6-3-7-13-22/h2-17,19,24H,18H2,1H3/b9-8+. The van der Waals surface area contributed by atoms with Crippen LogP contribution in [-0.4, -0.2) is 6.54 Å². The molecule has 0 aliphatic rings. The molecule has 3 aromatic rings. The smallest absolute Gasteiger partial charge is 0.0294 e. The van der Waals surface area contributed by atoms with E-state index in [1.165, 1.54) is 22.3 Å². The predicted molar refractivity (Wildman–Crippen MR) is 104 cm³/mol. The minimum atomic E-state index is 0.358. The Balaban J connectivity index is 1.54. The summed E-state index contributed by atoms with van der Waals surface area (Å²) in [6, 6.07) is 30.0. The van der Waals surface area contributed by atoms with Crippen molar-refractivity contribution in [2.24, 2.45) is 0 Å². The van der Waals surface area contributed by atoms with Crippen LogP contribution in [0.4, 0.5) is 0 Å². The lowest BCUT2D eigenvalue weighted by Gasteiger charge is -2.12. The van der Waals surface area contributed by atoms with Crippen LogP contribution in [-0.2, 0) is 0 Å². The first-order valence-electron chi connectivity index (χ1n) is 8.43. The lowest BCUT2D eigenvalue weighted by Crippen LogP contribution is -2.18. The molecule has 0 saturated carbocycles. The lowest BCUT2D eigenvalue weighted by molar-refractivity contribution is 0.618. The van der Waals surface area contributed by atoms with Gasteiger partial charge in [0.2, 0.25) is 0 Å². The second-order valence-corrected chi connectivity index (χ2v) is 5.93. The van der Waals surface area contributed by atoms with Gasteiger partial charge in [-0.05, 0) is 29.2 Å². The fourth-order valence-corrected chi connectivity index (χ4v) is 2.72. The lowest BCUT2D eigenvalue weighted by atomic mass is 10.0. The van der Waals surface area contributed by atoms with Crippen molar-refractivity contribution in [2.75, 3.05) is 6.54 Å². The first-order valence-corrected chi connectivity index (χ1v) is 8.43. The molecule has 1 heteroatoms. The fourth-order valence-electron chi connectivity index (χ4n) is 2.72. The van der Waals surface area contributed by atoms with Gasteiger partial charge < -0.3 is 5.32 Å². The number of nitrogens with one attached hydrogen (secondary N) is 1. The number of rotatable bonds is 6. The van der Waals surface area contributed by atoms with E-state index in [2.05, 4.69) is 103 Å². The quantitative estimate of drug-likeness (QED) is 0.614. The van der Waals surface area contributed by atoms with Crippen LogP contribution in [0.3, 0.4) is 0 Å². The highest BCUT2D eigenvalue weighted by Gasteiger charge is 2.01. The van der Waals surface area contributed by atoms with Crippen LogP contribution < -0.4 is 5.32 Å². The normalized spacial score (nSPS) is 12.4. The average Bonchev–Trinajstić information content (AvgIpc) is 2.67. The minimum absolute atomic E-state index is 0.358. The zero-order valence-corrected chi connectivity index (χ0v) is 14.0. The maximum atomic E-state index is 3.52. The SMILES string of the molecule is CC(NC/C=C/c1ccc(-c2ccccc2)cc1)c1ccccc1. The van der Waals surface area contributed by atoms with Gasteiger partial charge in [0.05, 0.1) is 0 Å². The summed E-state index contributed by atoms with van der Waals surface area (Å²) < 4.78 is 0. The van der Waals surface area contributed by atoms with Gasteiger partial charge in [-0.3, -0.25) is 0 Å². The first kappa shape index (κ1) is 16.2. The largest absolute Gasteiger partial charge is 0.307 e. The van der Waals surface area contributed by atoms with Gasteiger partial charge in [-0.25, -0.2) is 0 Å². The Labute approximate surface area is 144 Å². The molecule has 24 heavy (non-hydrogen) atoms. The summed E-state index contributed by atoms with van der Waals surface area (Å²) >= 11 is 0. The maximum absolute atomic E-state index is 3.52. The minimum Gasteiger partial charge on any atom is -0.307 e. The van der Waals surface area contributed by atoms with Crippen LogP contribution in [0.15, 0.2) is 91.0 Å². The zero-order valence-electron chi connectivity index (χ0n) is 14.0. The summed E-state index contributed by atoms with van der Waals surface area (Å²) in [5, 5.41) is 3.52. The van der Waals surface area contributed by atoms with Crippen LogP contribution in [0, 0.1) is 0 Å². The second-order valence-electron chi connectivity index (χ2n) is 5.93. The van der Waals surface area contributed by atoms with Crippen molar-refractivity contribution < 1.29 is 0 Å². The molecular formula is C23H23N. The number of hydrogen-bond donors (Lipinski definition) is 1. The summed E-state index contributed by atoms with van der Waals surface area (Å²) in [7, 11) is 0. The van der Waals surface area contributed by atoms with Crippen molar-refractivity contribution >= 4 is 6.08 Å². The van der Waals surface area contributed by atoms with E-state index < -0.39 is 0 Å². The summed E-state index contributed by atoms with van der Waals surface area (Å²) in [6.45, 7) is 3.05. The number of hydrogen-bond acceptors (Lipinski definition) is 1. The van der Waals surface area contributed by atoms with Gasteiger partial charge in [-0.2, -0.15) is 0 Å². The van der Waals surface area contributed by atoms with Crippen molar-refractivity contribution in [3.05, 3.63) is 102 Å². The van der Waals surface area contributed by atoms with Crippen molar-refractivity contribution in [3.63, 3.8) is 0 Å². The first-order chi connectivity index (χ1) is 11.8. The molecule has 3 aromatic carbocycles. The van der Waals surface area contributed by atoms with Crippen LogP contribution in [0.2, 0.25) is 0 Å². The molecule has 120 valence electrons. The van der Waals surface area contributed by atoms with Crippen LogP contribution in [0.25, 0.3) is 17.2 Å². The van der Waals surface area contributed by atoms with Gasteiger partial charge in [0.25, 0.3) is 0 Å². The molecule has 3 rings (SSSR count). The molecule has 0 saturated heterocycles. The molecule has 0 aliphatic carbocycles. The Morgan fingerprint density at radius 3 is 2.00 bits per heavy atom. The zero-order chi connectivity index (χ0) is 16.6. The van der Waals surface area contributed by atoms with Gasteiger partial charge >= 0.3 is 0 Å². The second kappa shape index (κ2) is 8.28. The molecule has 0 radical (unpaired) electrons. The third-order valence-corrected chi connectivity index (χ3v) is 4.17.